The first-order chi connectivity index (χ1) is 14.7. The molecule has 0 bridgehead atoms. The zero-order valence-corrected chi connectivity index (χ0v) is 18.3. The molecule has 2 atom stereocenters. The van der Waals surface area contributed by atoms with Crippen molar-refractivity contribution in [3.05, 3.63) is 87.9 Å². The second-order valence-corrected chi connectivity index (χ2v) is 8.22. The van der Waals surface area contributed by atoms with Gasteiger partial charge in [0.05, 0.1) is 26.0 Å². The predicted molar refractivity (Wildman–Crippen MR) is 119 cm³/mol. The van der Waals surface area contributed by atoms with E-state index in [4.69, 9.17) is 19.3 Å². The molecule has 0 unspecified atom stereocenters. The van der Waals surface area contributed by atoms with Crippen LogP contribution < -0.4 is 14.2 Å². The van der Waals surface area contributed by atoms with Gasteiger partial charge >= 0.3 is 0 Å². The van der Waals surface area contributed by atoms with Crippen LogP contribution in [0.3, 0.4) is 0 Å². The highest BCUT2D eigenvalue weighted by Gasteiger charge is 2.41. The van der Waals surface area contributed by atoms with E-state index in [1.807, 2.05) is 54.6 Å². The molecule has 2 heterocycles. The number of benzene rings is 3. The molecule has 6 heteroatoms. The summed E-state index contributed by atoms with van der Waals surface area (Å²) in [7, 11) is 3.35. The smallest absolute Gasteiger partial charge is 0.214 e. The van der Waals surface area contributed by atoms with Gasteiger partial charge in [-0.1, -0.05) is 40.2 Å². The van der Waals surface area contributed by atoms with Crippen LogP contribution in [-0.2, 0) is 0 Å². The average molecular weight is 465 g/mol. The molecular weight excluding hydrogens is 444 g/mol. The minimum Gasteiger partial charge on any atom is -0.497 e. The molecule has 0 spiro atoms. The molecule has 2 aliphatic heterocycles. The third-order valence-electron chi connectivity index (χ3n) is 5.53. The molecule has 0 N–H and O–H groups in total. The molecule has 5 rings (SSSR count). The number of ether oxygens (including phenoxy) is 3. The van der Waals surface area contributed by atoms with Crippen LogP contribution in [0, 0.1) is 0 Å². The fraction of sp³-hybridized carbons (Fsp3) is 0.208. The molecule has 0 amide bonds. The van der Waals surface area contributed by atoms with Gasteiger partial charge in [-0.2, -0.15) is 5.10 Å². The normalized spacial score (nSPS) is 19.4. The molecule has 2 aliphatic rings. The molecule has 3 aromatic carbocycles. The standard InChI is InChI=1S/C24H21BrN2O3/c1-28-18-7-3-5-15(11-18)21-14-22-20-13-17(25)9-10-23(20)30-24(27(22)26-21)16-6-4-8-19(12-16)29-2/h3-13,22,24H,14H2,1-2H3/t22-,24+/m1/s1. The van der Waals surface area contributed by atoms with Crippen LogP contribution in [-0.4, -0.2) is 24.9 Å². The lowest BCUT2D eigenvalue weighted by Crippen LogP contribution is -2.33. The van der Waals surface area contributed by atoms with Gasteiger partial charge in [0.15, 0.2) is 0 Å². The quantitative estimate of drug-likeness (QED) is 0.495. The summed E-state index contributed by atoms with van der Waals surface area (Å²) in [5.74, 6) is 2.50. The predicted octanol–water partition coefficient (Wildman–Crippen LogP) is 5.71. The molecule has 30 heavy (non-hydrogen) atoms. The fourth-order valence-corrected chi connectivity index (χ4v) is 4.43. The lowest BCUT2D eigenvalue weighted by molar-refractivity contribution is -0.0191. The number of hydrazone groups is 1. The van der Waals surface area contributed by atoms with E-state index in [0.717, 1.165) is 50.5 Å². The monoisotopic (exact) mass is 464 g/mol. The van der Waals surface area contributed by atoms with Crippen LogP contribution in [0.25, 0.3) is 0 Å². The summed E-state index contributed by atoms with van der Waals surface area (Å²) < 4.78 is 18.3. The van der Waals surface area contributed by atoms with E-state index >= 15 is 0 Å². The number of methoxy groups -OCH3 is 2. The summed E-state index contributed by atoms with van der Waals surface area (Å²) in [4.78, 5) is 0. The van der Waals surface area contributed by atoms with Crippen molar-refractivity contribution < 1.29 is 14.2 Å². The molecule has 0 aromatic heterocycles. The number of halogens is 1. The Morgan fingerprint density at radius 3 is 2.53 bits per heavy atom. The van der Waals surface area contributed by atoms with Gasteiger partial charge < -0.3 is 14.2 Å². The molecule has 0 radical (unpaired) electrons. The first-order valence-corrected chi connectivity index (χ1v) is 10.6. The Morgan fingerprint density at radius 2 is 1.73 bits per heavy atom. The minimum absolute atomic E-state index is 0.0867. The third kappa shape index (κ3) is 3.31. The van der Waals surface area contributed by atoms with Crippen molar-refractivity contribution in [3.63, 3.8) is 0 Å². The molecule has 3 aromatic rings. The summed E-state index contributed by atoms with van der Waals surface area (Å²) in [6, 6.07) is 22.2. The number of rotatable bonds is 4. The summed E-state index contributed by atoms with van der Waals surface area (Å²) in [6.07, 6.45) is 0.461. The number of nitrogens with zero attached hydrogens (tertiary/aromatic N) is 2. The van der Waals surface area contributed by atoms with Crippen LogP contribution >= 0.6 is 15.9 Å². The zero-order chi connectivity index (χ0) is 20.7. The third-order valence-corrected chi connectivity index (χ3v) is 6.03. The highest BCUT2D eigenvalue weighted by molar-refractivity contribution is 9.10. The maximum atomic E-state index is 6.43. The molecule has 0 aliphatic carbocycles. The van der Waals surface area contributed by atoms with Crippen LogP contribution in [0.15, 0.2) is 76.3 Å². The summed E-state index contributed by atoms with van der Waals surface area (Å²) in [5.41, 5.74) is 4.21. The Kier molecular flexibility index (Phi) is 4.87. The highest BCUT2D eigenvalue weighted by Crippen LogP contribution is 2.48. The van der Waals surface area contributed by atoms with E-state index in [0.29, 0.717) is 0 Å². The number of hydrogen-bond donors (Lipinski definition) is 0. The molecule has 5 nitrogen and oxygen atoms in total. The van der Waals surface area contributed by atoms with Crippen molar-refractivity contribution in [2.45, 2.75) is 18.7 Å². The van der Waals surface area contributed by atoms with Gasteiger partial charge in [0, 0.05) is 27.6 Å². The lowest BCUT2D eigenvalue weighted by atomic mass is 9.96. The lowest BCUT2D eigenvalue weighted by Gasteiger charge is -2.38. The Balaban J connectivity index is 1.60. The van der Waals surface area contributed by atoms with Gasteiger partial charge in [-0.05, 0) is 42.5 Å². The molecule has 152 valence electrons. The van der Waals surface area contributed by atoms with Gasteiger partial charge in [-0.3, -0.25) is 0 Å². The number of hydrogen-bond acceptors (Lipinski definition) is 5. The molecular formula is C24H21BrN2O3. The van der Waals surface area contributed by atoms with Gasteiger partial charge in [0.2, 0.25) is 6.23 Å². The summed E-state index contributed by atoms with van der Waals surface area (Å²) in [5, 5.41) is 7.08. The van der Waals surface area contributed by atoms with Crippen molar-refractivity contribution in [1.82, 2.24) is 5.01 Å². The van der Waals surface area contributed by atoms with E-state index < -0.39 is 0 Å². The maximum Gasteiger partial charge on any atom is 0.214 e. The largest absolute Gasteiger partial charge is 0.497 e. The van der Waals surface area contributed by atoms with Crippen molar-refractivity contribution >= 4 is 21.6 Å². The van der Waals surface area contributed by atoms with Gasteiger partial charge in [-0.25, -0.2) is 5.01 Å². The van der Waals surface area contributed by atoms with Gasteiger partial charge in [0.1, 0.15) is 17.2 Å². The van der Waals surface area contributed by atoms with E-state index in [9.17, 15) is 0 Å². The Hall–Kier alpha value is -2.99. The highest BCUT2D eigenvalue weighted by atomic mass is 79.9. The van der Waals surface area contributed by atoms with Crippen molar-refractivity contribution in [2.75, 3.05) is 14.2 Å². The van der Waals surface area contributed by atoms with Crippen LogP contribution in [0.2, 0.25) is 0 Å². The Morgan fingerprint density at radius 1 is 0.967 bits per heavy atom. The minimum atomic E-state index is -0.332. The Bertz CT molecular complexity index is 1130. The van der Waals surface area contributed by atoms with E-state index in [1.165, 1.54) is 0 Å². The fourth-order valence-electron chi connectivity index (χ4n) is 4.05. The van der Waals surface area contributed by atoms with Gasteiger partial charge in [0.25, 0.3) is 0 Å². The molecule has 0 saturated heterocycles. The van der Waals surface area contributed by atoms with Crippen LogP contribution in [0.4, 0.5) is 0 Å². The maximum absolute atomic E-state index is 6.43. The second kappa shape index (κ2) is 7.69. The molecule has 0 fully saturated rings. The van der Waals surface area contributed by atoms with Crippen molar-refractivity contribution in [1.29, 1.82) is 0 Å². The summed E-state index contributed by atoms with van der Waals surface area (Å²) in [6.45, 7) is 0. The topological polar surface area (TPSA) is 43.3 Å². The van der Waals surface area contributed by atoms with Crippen molar-refractivity contribution in [2.24, 2.45) is 5.10 Å². The second-order valence-electron chi connectivity index (χ2n) is 7.31. The Labute approximate surface area is 184 Å². The zero-order valence-electron chi connectivity index (χ0n) is 16.7. The van der Waals surface area contributed by atoms with E-state index in [1.54, 1.807) is 14.2 Å². The summed E-state index contributed by atoms with van der Waals surface area (Å²) >= 11 is 3.60. The van der Waals surface area contributed by atoms with E-state index in [2.05, 4.69) is 33.1 Å². The van der Waals surface area contributed by atoms with Crippen LogP contribution in [0.1, 0.15) is 35.4 Å². The van der Waals surface area contributed by atoms with E-state index in [-0.39, 0.29) is 12.3 Å². The van der Waals surface area contributed by atoms with Gasteiger partial charge in [-0.15, -0.1) is 0 Å². The van der Waals surface area contributed by atoms with Crippen LogP contribution in [0.5, 0.6) is 17.2 Å². The average Bonchev–Trinajstić information content (AvgIpc) is 3.24. The number of fused-ring (bicyclic) bond motifs is 3. The SMILES string of the molecule is COc1cccc(C2=NN3[C@H](C2)c2cc(Br)ccc2O[C@H]3c2cccc(OC)c2)c1. The first-order valence-electron chi connectivity index (χ1n) is 9.76. The first kappa shape index (κ1) is 19.0. The van der Waals surface area contributed by atoms with Crippen molar-refractivity contribution in [3.8, 4) is 17.2 Å². The molecule has 0 saturated carbocycles.